The van der Waals surface area contributed by atoms with E-state index in [1.165, 1.54) is 38.7 Å². The van der Waals surface area contributed by atoms with E-state index < -0.39 is 28.9 Å². The number of carbonyl (C=O) groups excluding carboxylic acids is 1. The molecule has 1 aliphatic rings. The Labute approximate surface area is 215 Å². The fraction of sp³-hybridized carbons (Fsp3) is 0.231. The zero-order valence-corrected chi connectivity index (χ0v) is 20.3. The summed E-state index contributed by atoms with van der Waals surface area (Å²) in [5, 5.41) is 9.64. The standard InChI is InChI=1S/C26H22F2N4O6/c1-35-17-3-8-31-21(20(17)24(29)34)13-9-14(27)23(15(28)10-13)37-18-4-7-30-16-11-19(36-2)25(32-22(16)18)38-26(12-33)5-6-26/h3-4,7-11,33H,5-6,12H2,1-2H3,(H2,29,34). The number of benzene rings is 1. The largest absolute Gasteiger partial charge is 0.496 e. The van der Waals surface area contributed by atoms with E-state index in [0.717, 1.165) is 12.1 Å². The van der Waals surface area contributed by atoms with Gasteiger partial charge in [0.15, 0.2) is 28.9 Å². The highest BCUT2D eigenvalue weighted by atomic mass is 19.1. The summed E-state index contributed by atoms with van der Waals surface area (Å²) < 4.78 is 52.5. The molecule has 1 aromatic carbocycles. The average molecular weight is 524 g/mol. The summed E-state index contributed by atoms with van der Waals surface area (Å²) in [5.74, 6) is -3.23. The predicted octanol–water partition coefficient (Wildman–Crippen LogP) is 3.78. The van der Waals surface area contributed by atoms with E-state index in [2.05, 4.69) is 15.0 Å². The van der Waals surface area contributed by atoms with Gasteiger partial charge < -0.3 is 29.8 Å². The minimum atomic E-state index is -1.06. The molecular weight excluding hydrogens is 502 g/mol. The Balaban J connectivity index is 1.55. The van der Waals surface area contributed by atoms with Gasteiger partial charge in [0.1, 0.15) is 22.4 Å². The Hall–Kier alpha value is -4.58. The summed E-state index contributed by atoms with van der Waals surface area (Å²) in [6, 6.07) is 6.30. The van der Waals surface area contributed by atoms with Crippen molar-refractivity contribution in [3.63, 3.8) is 0 Å². The molecule has 1 aliphatic carbocycles. The fourth-order valence-electron chi connectivity index (χ4n) is 3.93. The molecular formula is C26H22F2N4O6. The number of aliphatic hydroxyl groups excluding tert-OH is 1. The number of amides is 1. The van der Waals surface area contributed by atoms with Crippen molar-refractivity contribution >= 4 is 16.9 Å². The third-order valence-corrected chi connectivity index (χ3v) is 6.10. The highest BCUT2D eigenvalue weighted by Crippen LogP contribution is 2.43. The van der Waals surface area contributed by atoms with Crippen molar-refractivity contribution in [2.75, 3.05) is 20.8 Å². The molecule has 196 valence electrons. The molecule has 4 aromatic rings. The number of aromatic nitrogens is 3. The number of methoxy groups -OCH3 is 2. The number of aliphatic hydroxyl groups is 1. The van der Waals surface area contributed by atoms with Crippen LogP contribution in [-0.4, -0.2) is 52.4 Å². The number of hydrogen-bond donors (Lipinski definition) is 2. The fourth-order valence-corrected chi connectivity index (χ4v) is 3.93. The highest BCUT2D eigenvalue weighted by molar-refractivity contribution is 6.01. The zero-order chi connectivity index (χ0) is 27.0. The molecule has 0 atom stereocenters. The topological polar surface area (TPSA) is 139 Å². The van der Waals surface area contributed by atoms with E-state index >= 15 is 8.78 Å². The molecule has 3 heterocycles. The summed E-state index contributed by atoms with van der Waals surface area (Å²) in [6.45, 7) is -0.200. The van der Waals surface area contributed by atoms with Crippen LogP contribution in [0, 0.1) is 11.6 Å². The van der Waals surface area contributed by atoms with Crippen molar-refractivity contribution in [2.24, 2.45) is 5.73 Å². The van der Waals surface area contributed by atoms with Gasteiger partial charge in [0.05, 0.1) is 32.0 Å². The third kappa shape index (κ3) is 4.50. The molecule has 0 saturated heterocycles. The van der Waals surface area contributed by atoms with Crippen molar-refractivity contribution < 1.29 is 37.6 Å². The van der Waals surface area contributed by atoms with Crippen molar-refractivity contribution in [3.8, 4) is 40.1 Å². The van der Waals surface area contributed by atoms with Gasteiger partial charge in [-0.1, -0.05) is 0 Å². The molecule has 0 aliphatic heterocycles. The number of carbonyl (C=O) groups is 1. The SMILES string of the molecule is COc1cc2nccc(Oc3c(F)cc(-c4nccc(OC)c4C(N)=O)cc3F)c2nc1OC1(CO)CC1. The predicted molar refractivity (Wildman–Crippen MR) is 131 cm³/mol. The van der Waals surface area contributed by atoms with Crippen molar-refractivity contribution in [3.05, 3.63) is 59.9 Å². The molecule has 5 rings (SSSR count). The Morgan fingerprint density at radius 1 is 1.03 bits per heavy atom. The molecule has 12 heteroatoms. The number of fused-ring (bicyclic) bond motifs is 1. The monoisotopic (exact) mass is 524 g/mol. The molecule has 1 amide bonds. The van der Waals surface area contributed by atoms with Gasteiger partial charge >= 0.3 is 0 Å². The molecule has 10 nitrogen and oxygen atoms in total. The van der Waals surface area contributed by atoms with Crippen LogP contribution in [0.25, 0.3) is 22.3 Å². The Kier molecular flexibility index (Phi) is 6.41. The second-order valence-corrected chi connectivity index (χ2v) is 8.59. The normalized spacial score (nSPS) is 13.7. The van der Waals surface area contributed by atoms with E-state index in [1.54, 1.807) is 6.07 Å². The molecule has 0 unspecified atom stereocenters. The first-order chi connectivity index (χ1) is 18.3. The van der Waals surface area contributed by atoms with Gasteiger partial charge in [-0.3, -0.25) is 14.8 Å². The van der Waals surface area contributed by atoms with Gasteiger partial charge in [0, 0.05) is 30.1 Å². The molecule has 0 radical (unpaired) electrons. The van der Waals surface area contributed by atoms with Gasteiger partial charge in [-0.2, -0.15) is 0 Å². The van der Waals surface area contributed by atoms with Gasteiger partial charge in [-0.25, -0.2) is 13.8 Å². The van der Waals surface area contributed by atoms with Crippen LogP contribution in [0.2, 0.25) is 0 Å². The smallest absolute Gasteiger partial charge is 0.258 e. The lowest BCUT2D eigenvalue weighted by Gasteiger charge is -2.18. The average Bonchev–Trinajstić information content (AvgIpc) is 3.69. The van der Waals surface area contributed by atoms with E-state index in [-0.39, 0.29) is 52.1 Å². The molecule has 3 aromatic heterocycles. The molecule has 0 bridgehead atoms. The molecule has 38 heavy (non-hydrogen) atoms. The minimum Gasteiger partial charge on any atom is -0.496 e. The maximum atomic E-state index is 15.2. The number of nitrogens with two attached hydrogens (primary N) is 1. The summed E-state index contributed by atoms with van der Waals surface area (Å²) >= 11 is 0. The minimum absolute atomic E-state index is 0.000714. The maximum Gasteiger partial charge on any atom is 0.258 e. The lowest BCUT2D eigenvalue weighted by atomic mass is 10.0. The number of hydrogen-bond acceptors (Lipinski definition) is 9. The first-order valence-electron chi connectivity index (χ1n) is 11.4. The van der Waals surface area contributed by atoms with E-state index in [0.29, 0.717) is 18.4 Å². The van der Waals surface area contributed by atoms with Crippen LogP contribution in [0.5, 0.6) is 28.9 Å². The van der Waals surface area contributed by atoms with Crippen LogP contribution in [0.15, 0.2) is 42.7 Å². The van der Waals surface area contributed by atoms with Crippen molar-refractivity contribution in [2.45, 2.75) is 18.4 Å². The van der Waals surface area contributed by atoms with Crippen molar-refractivity contribution in [1.82, 2.24) is 15.0 Å². The van der Waals surface area contributed by atoms with Crippen LogP contribution in [0.3, 0.4) is 0 Å². The number of ether oxygens (including phenoxy) is 4. The van der Waals surface area contributed by atoms with Gasteiger partial charge in [0.25, 0.3) is 11.8 Å². The summed E-state index contributed by atoms with van der Waals surface area (Å²) in [4.78, 5) is 24.7. The zero-order valence-electron chi connectivity index (χ0n) is 20.3. The van der Waals surface area contributed by atoms with Crippen LogP contribution >= 0.6 is 0 Å². The number of primary amides is 1. The van der Waals surface area contributed by atoms with Crippen molar-refractivity contribution in [1.29, 1.82) is 0 Å². The van der Waals surface area contributed by atoms with E-state index in [4.69, 9.17) is 24.7 Å². The summed E-state index contributed by atoms with van der Waals surface area (Å²) in [7, 11) is 2.76. The third-order valence-electron chi connectivity index (χ3n) is 6.10. The second kappa shape index (κ2) is 9.71. The van der Waals surface area contributed by atoms with Gasteiger partial charge in [0.2, 0.25) is 0 Å². The summed E-state index contributed by atoms with van der Waals surface area (Å²) in [5.41, 5.74) is 4.97. The van der Waals surface area contributed by atoms with Crippen LogP contribution in [0.1, 0.15) is 23.2 Å². The first kappa shape index (κ1) is 25.1. The molecule has 0 spiro atoms. The molecule has 1 fully saturated rings. The van der Waals surface area contributed by atoms with Crippen LogP contribution in [-0.2, 0) is 0 Å². The molecule has 3 N–H and O–H groups in total. The quantitative estimate of drug-likeness (QED) is 0.335. The van der Waals surface area contributed by atoms with Gasteiger partial charge in [-0.15, -0.1) is 0 Å². The van der Waals surface area contributed by atoms with E-state index in [1.807, 2.05) is 0 Å². The second-order valence-electron chi connectivity index (χ2n) is 8.59. The molecule has 1 saturated carbocycles. The number of rotatable bonds is 9. The number of nitrogens with zero attached hydrogens (tertiary/aromatic N) is 3. The van der Waals surface area contributed by atoms with Crippen LogP contribution in [0.4, 0.5) is 8.78 Å². The maximum absolute atomic E-state index is 15.2. The number of halogens is 2. The van der Waals surface area contributed by atoms with Crippen LogP contribution < -0.4 is 24.7 Å². The van der Waals surface area contributed by atoms with Gasteiger partial charge in [-0.05, 0) is 31.0 Å². The lowest BCUT2D eigenvalue weighted by Crippen LogP contribution is -2.23. The Morgan fingerprint density at radius 3 is 2.29 bits per heavy atom. The Morgan fingerprint density at radius 2 is 1.68 bits per heavy atom. The highest BCUT2D eigenvalue weighted by Gasteiger charge is 2.46. The lowest BCUT2D eigenvalue weighted by molar-refractivity contribution is 0.0881. The first-order valence-corrected chi connectivity index (χ1v) is 11.4. The number of pyridine rings is 3. The summed E-state index contributed by atoms with van der Waals surface area (Å²) in [6.07, 6.45) is 4.00. The van der Waals surface area contributed by atoms with E-state index in [9.17, 15) is 9.90 Å². The Bertz CT molecular complexity index is 1540.